The molecule has 1 heteroatoms. The van der Waals surface area contributed by atoms with Gasteiger partial charge >= 0.3 is 0 Å². The van der Waals surface area contributed by atoms with Crippen molar-refractivity contribution in [2.75, 3.05) is 13.1 Å². The van der Waals surface area contributed by atoms with E-state index in [1.807, 2.05) is 0 Å². The summed E-state index contributed by atoms with van der Waals surface area (Å²) in [6.45, 7) is 2.34. The quantitative estimate of drug-likeness (QED) is 0.502. The Morgan fingerprint density at radius 3 is 2.33 bits per heavy atom. The van der Waals surface area contributed by atoms with E-state index in [1.165, 1.54) is 32.2 Å². The van der Waals surface area contributed by atoms with Crippen LogP contribution >= 0.6 is 0 Å². The molecule has 1 nitrogen and oxygen atoms in total. The summed E-state index contributed by atoms with van der Waals surface area (Å²) in [7, 11) is 0. The van der Waals surface area contributed by atoms with Gasteiger partial charge in [0, 0.05) is 13.1 Å². The van der Waals surface area contributed by atoms with Gasteiger partial charge in [0.25, 0.3) is 0 Å². The summed E-state index contributed by atoms with van der Waals surface area (Å²) >= 11 is 0. The molecule has 1 saturated carbocycles. The lowest BCUT2D eigenvalue weighted by molar-refractivity contribution is 0.220. The van der Waals surface area contributed by atoms with E-state index in [4.69, 9.17) is 0 Å². The Bertz CT molecular complexity index is 90.7. The Kier molecular flexibility index (Phi) is 1.46. The lowest BCUT2D eigenvalue weighted by Gasteiger charge is -2.30. The van der Waals surface area contributed by atoms with Crippen LogP contribution in [0.15, 0.2) is 0 Å². The van der Waals surface area contributed by atoms with Crippen LogP contribution in [0.5, 0.6) is 0 Å². The molecule has 0 aromatic rings. The van der Waals surface area contributed by atoms with E-state index in [0.29, 0.717) is 0 Å². The molecule has 51 valence electrons. The van der Waals surface area contributed by atoms with Crippen LogP contribution in [0.4, 0.5) is 0 Å². The predicted octanol–water partition coefficient (Wildman–Crippen LogP) is 1.41. The number of hydrogen-bond donors (Lipinski definition) is 0. The van der Waals surface area contributed by atoms with Crippen LogP contribution in [0.25, 0.3) is 0 Å². The van der Waals surface area contributed by atoms with Gasteiger partial charge in [-0.1, -0.05) is 19.3 Å². The highest BCUT2D eigenvalue weighted by Gasteiger charge is 2.29. The molecule has 1 unspecified atom stereocenters. The van der Waals surface area contributed by atoms with Gasteiger partial charge in [-0.3, -0.25) is 0 Å². The zero-order valence-corrected chi connectivity index (χ0v) is 5.84. The molecule has 1 atom stereocenters. The highest BCUT2D eigenvalue weighted by Crippen LogP contribution is 2.36. The van der Waals surface area contributed by atoms with Gasteiger partial charge in [-0.15, -0.1) is 0 Å². The second kappa shape index (κ2) is 2.30. The van der Waals surface area contributed by atoms with Gasteiger partial charge in [-0.25, -0.2) is 5.32 Å². The summed E-state index contributed by atoms with van der Waals surface area (Å²) in [4.78, 5) is 0. The Morgan fingerprint density at radius 1 is 1.00 bits per heavy atom. The minimum absolute atomic E-state index is 0.999. The molecule has 0 aromatic carbocycles. The lowest BCUT2D eigenvalue weighted by atomic mass is 9.75. The smallest absolute Gasteiger partial charge is 0.0164 e. The molecule has 0 bridgehead atoms. The highest BCUT2D eigenvalue weighted by molar-refractivity contribution is 4.82. The normalized spacial score (nSPS) is 36.7. The van der Waals surface area contributed by atoms with Gasteiger partial charge in [0.05, 0.1) is 0 Å². The first-order valence-corrected chi connectivity index (χ1v) is 4.10. The van der Waals surface area contributed by atoms with E-state index in [9.17, 15) is 0 Å². The third kappa shape index (κ3) is 0.983. The van der Waals surface area contributed by atoms with E-state index in [1.54, 1.807) is 0 Å². The highest BCUT2D eigenvalue weighted by atomic mass is 14.9. The molecule has 2 rings (SSSR count). The fourth-order valence-corrected chi connectivity index (χ4v) is 1.90. The van der Waals surface area contributed by atoms with Crippen molar-refractivity contribution < 1.29 is 0 Å². The van der Waals surface area contributed by atoms with Gasteiger partial charge in [0.2, 0.25) is 0 Å². The van der Waals surface area contributed by atoms with Crippen molar-refractivity contribution >= 4 is 0 Å². The molecular formula is C8H14N. The van der Waals surface area contributed by atoms with Gasteiger partial charge in [-0.2, -0.15) is 0 Å². The Labute approximate surface area is 56.8 Å². The summed E-state index contributed by atoms with van der Waals surface area (Å²) in [5, 5.41) is 4.37. The molecule has 1 aliphatic carbocycles. The van der Waals surface area contributed by atoms with Crippen LogP contribution < -0.4 is 5.32 Å². The van der Waals surface area contributed by atoms with Crippen molar-refractivity contribution in [2.24, 2.45) is 11.8 Å². The molecule has 1 radical (unpaired) electrons. The van der Waals surface area contributed by atoms with Crippen LogP contribution in [0.2, 0.25) is 0 Å². The zero-order valence-electron chi connectivity index (χ0n) is 5.84. The topological polar surface area (TPSA) is 14.1 Å². The average molecular weight is 124 g/mol. The molecule has 0 aromatic heterocycles. The largest absolute Gasteiger partial charge is 0.241 e. The molecule has 0 N–H and O–H groups in total. The maximum absolute atomic E-state index is 4.37. The minimum atomic E-state index is 0.999. The maximum atomic E-state index is 4.37. The van der Waals surface area contributed by atoms with Crippen molar-refractivity contribution in [2.45, 2.75) is 25.7 Å². The van der Waals surface area contributed by atoms with Crippen LogP contribution in [0.1, 0.15) is 25.7 Å². The van der Waals surface area contributed by atoms with Gasteiger partial charge < -0.3 is 0 Å². The number of rotatable bonds is 1. The van der Waals surface area contributed by atoms with Crippen molar-refractivity contribution in [1.29, 1.82) is 0 Å². The Hall–Kier alpha value is -0.0400. The van der Waals surface area contributed by atoms with Crippen molar-refractivity contribution in [3.63, 3.8) is 0 Å². The zero-order chi connectivity index (χ0) is 6.10. The summed E-state index contributed by atoms with van der Waals surface area (Å²) in [5.74, 6) is 2.08. The second-order valence-corrected chi connectivity index (χ2v) is 3.37. The molecule has 0 amide bonds. The first-order chi connectivity index (χ1) is 4.47. The van der Waals surface area contributed by atoms with Crippen molar-refractivity contribution in [1.82, 2.24) is 5.32 Å². The standard InChI is InChI=1S/C8H14N/c1-2-7(3-1)8-4-5-9-6-8/h7-8H,1-6H2. The summed E-state index contributed by atoms with van der Waals surface area (Å²) in [6.07, 6.45) is 5.88. The summed E-state index contributed by atoms with van der Waals surface area (Å²) in [6, 6.07) is 0. The van der Waals surface area contributed by atoms with Gasteiger partial charge in [-0.05, 0) is 18.3 Å². The summed E-state index contributed by atoms with van der Waals surface area (Å²) in [5.41, 5.74) is 0. The van der Waals surface area contributed by atoms with Crippen molar-refractivity contribution in [3.05, 3.63) is 0 Å². The second-order valence-electron chi connectivity index (χ2n) is 3.37. The molecule has 1 saturated heterocycles. The first kappa shape index (κ1) is 5.72. The Balaban J connectivity index is 1.82. The third-order valence-corrected chi connectivity index (χ3v) is 2.84. The number of nitrogens with zero attached hydrogens (tertiary/aromatic N) is 1. The van der Waals surface area contributed by atoms with Gasteiger partial charge in [0.1, 0.15) is 0 Å². The monoisotopic (exact) mass is 124 g/mol. The van der Waals surface area contributed by atoms with Crippen LogP contribution in [-0.2, 0) is 0 Å². The van der Waals surface area contributed by atoms with E-state index < -0.39 is 0 Å². The summed E-state index contributed by atoms with van der Waals surface area (Å²) < 4.78 is 0. The predicted molar refractivity (Wildman–Crippen MR) is 37.3 cm³/mol. The molecule has 1 aliphatic heterocycles. The van der Waals surface area contributed by atoms with E-state index in [-0.39, 0.29) is 0 Å². The molecular weight excluding hydrogens is 110 g/mol. The first-order valence-electron chi connectivity index (χ1n) is 4.10. The van der Waals surface area contributed by atoms with Gasteiger partial charge in [0.15, 0.2) is 0 Å². The molecule has 2 fully saturated rings. The van der Waals surface area contributed by atoms with E-state index in [2.05, 4.69) is 5.32 Å². The molecule has 2 aliphatic rings. The lowest BCUT2D eigenvalue weighted by Crippen LogP contribution is -2.22. The van der Waals surface area contributed by atoms with Crippen LogP contribution in [0, 0.1) is 11.8 Å². The maximum Gasteiger partial charge on any atom is 0.0164 e. The fourth-order valence-electron chi connectivity index (χ4n) is 1.90. The molecule has 1 heterocycles. The van der Waals surface area contributed by atoms with E-state index in [0.717, 1.165) is 18.4 Å². The Morgan fingerprint density at radius 2 is 1.89 bits per heavy atom. The minimum Gasteiger partial charge on any atom is -0.241 e. The average Bonchev–Trinajstić information content (AvgIpc) is 2.11. The van der Waals surface area contributed by atoms with Crippen molar-refractivity contribution in [3.8, 4) is 0 Å². The third-order valence-electron chi connectivity index (χ3n) is 2.84. The fraction of sp³-hybridized carbons (Fsp3) is 1.00. The van der Waals surface area contributed by atoms with Crippen LogP contribution in [0.3, 0.4) is 0 Å². The van der Waals surface area contributed by atoms with Crippen LogP contribution in [-0.4, -0.2) is 13.1 Å². The van der Waals surface area contributed by atoms with E-state index >= 15 is 0 Å². The SMILES string of the molecule is C1CC(C2CC[N]C2)C1. The number of hydrogen-bond acceptors (Lipinski definition) is 0. The molecule has 9 heavy (non-hydrogen) atoms. The molecule has 0 spiro atoms.